The van der Waals surface area contributed by atoms with Gasteiger partial charge in [0.1, 0.15) is 0 Å². The van der Waals surface area contributed by atoms with Crippen LogP contribution in [0.3, 0.4) is 0 Å². The van der Waals surface area contributed by atoms with Crippen molar-refractivity contribution in [2.24, 2.45) is 11.8 Å². The number of carbonyl (C=O) groups is 1. The van der Waals surface area contributed by atoms with Gasteiger partial charge in [-0.15, -0.1) is 0 Å². The van der Waals surface area contributed by atoms with Crippen LogP contribution in [0.4, 0.5) is 0 Å². The molecule has 0 aromatic rings. The van der Waals surface area contributed by atoms with Gasteiger partial charge < -0.3 is 15.4 Å². The first-order valence-corrected chi connectivity index (χ1v) is 6.40. The molecule has 0 radical (unpaired) electrons. The lowest BCUT2D eigenvalue weighted by Crippen LogP contribution is -2.44. The molecule has 2 aliphatic rings. The number of rotatable bonds is 6. The van der Waals surface area contributed by atoms with Gasteiger partial charge in [0, 0.05) is 12.6 Å². The van der Waals surface area contributed by atoms with Gasteiger partial charge in [-0.2, -0.15) is 0 Å². The van der Waals surface area contributed by atoms with Crippen LogP contribution >= 0.6 is 0 Å². The molecule has 2 N–H and O–H groups in total. The van der Waals surface area contributed by atoms with E-state index in [1.165, 1.54) is 12.8 Å². The number of ether oxygens (including phenoxy) is 1. The number of amides is 1. The molecule has 4 heteroatoms. The minimum absolute atomic E-state index is 0.00491. The summed E-state index contributed by atoms with van der Waals surface area (Å²) in [4.78, 5) is 11.9. The summed E-state index contributed by atoms with van der Waals surface area (Å²) in [5, 5.41) is 6.41. The molecule has 1 saturated carbocycles. The maximum Gasteiger partial charge on any atom is 0.227 e. The monoisotopic (exact) mass is 226 g/mol. The Morgan fingerprint density at radius 2 is 2.19 bits per heavy atom. The second kappa shape index (κ2) is 5.64. The molecule has 0 spiro atoms. The molecule has 4 nitrogen and oxygen atoms in total. The highest BCUT2D eigenvalue weighted by molar-refractivity contribution is 5.79. The number of hydrogen-bond acceptors (Lipinski definition) is 3. The predicted molar refractivity (Wildman–Crippen MR) is 62.1 cm³/mol. The first-order valence-electron chi connectivity index (χ1n) is 6.40. The highest BCUT2D eigenvalue weighted by atomic mass is 16.5. The first-order chi connectivity index (χ1) is 7.81. The number of nitrogens with one attached hydrogen (secondary N) is 2. The molecule has 1 saturated heterocycles. The van der Waals surface area contributed by atoms with Crippen molar-refractivity contribution in [3.8, 4) is 0 Å². The normalized spacial score (nSPS) is 29.3. The summed E-state index contributed by atoms with van der Waals surface area (Å²) in [5.41, 5.74) is 0. The molecule has 16 heavy (non-hydrogen) atoms. The van der Waals surface area contributed by atoms with Gasteiger partial charge in [-0.25, -0.2) is 0 Å². The van der Waals surface area contributed by atoms with Crippen molar-refractivity contribution >= 4 is 5.91 Å². The minimum Gasteiger partial charge on any atom is -0.379 e. The summed E-state index contributed by atoms with van der Waals surface area (Å²) in [6.07, 6.45) is 3.64. The fourth-order valence-corrected chi connectivity index (χ4v) is 2.04. The summed E-state index contributed by atoms with van der Waals surface area (Å²) in [6.45, 7) is 5.18. The lowest BCUT2D eigenvalue weighted by atomic mass is 10.0. The van der Waals surface area contributed by atoms with Gasteiger partial charge in [-0.1, -0.05) is 6.92 Å². The highest BCUT2D eigenvalue weighted by Crippen LogP contribution is 2.27. The molecule has 2 rings (SSSR count). The van der Waals surface area contributed by atoms with Gasteiger partial charge >= 0.3 is 0 Å². The molecule has 0 aromatic carbocycles. The summed E-state index contributed by atoms with van der Waals surface area (Å²) in [7, 11) is 0. The van der Waals surface area contributed by atoms with E-state index in [2.05, 4.69) is 17.6 Å². The van der Waals surface area contributed by atoms with Crippen LogP contribution in [0.25, 0.3) is 0 Å². The predicted octanol–water partition coefficient (Wildman–Crippen LogP) is 0.527. The van der Waals surface area contributed by atoms with E-state index in [4.69, 9.17) is 4.74 Å². The third-order valence-electron chi connectivity index (χ3n) is 3.34. The molecule has 2 atom stereocenters. The zero-order valence-electron chi connectivity index (χ0n) is 10.00. The van der Waals surface area contributed by atoms with E-state index < -0.39 is 0 Å². The van der Waals surface area contributed by atoms with Gasteiger partial charge in [-0.05, 0) is 31.7 Å². The summed E-state index contributed by atoms with van der Waals surface area (Å²) in [5.74, 6) is 0.914. The average Bonchev–Trinajstić information content (AvgIpc) is 3.00. The molecule has 1 aliphatic carbocycles. The lowest BCUT2D eigenvalue weighted by Gasteiger charge is -2.18. The molecular formula is C12H22N2O2. The Morgan fingerprint density at radius 1 is 1.38 bits per heavy atom. The Morgan fingerprint density at radius 3 is 2.88 bits per heavy atom. The third-order valence-corrected chi connectivity index (χ3v) is 3.34. The van der Waals surface area contributed by atoms with Crippen molar-refractivity contribution in [3.63, 3.8) is 0 Å². The maximum absolute atomic E-state index is 11.9. The Bertz CT molecular complexity index is 241. The molecule has 2 fully saturated rings. The molecule has 2 unspecified atom stereocenters. The van der Waals surface area contributed by atoms with Crippen molar-refractivity contribution in [2.75, 3.05) is 26.3 Å². The van der Waals surface area contributed by atoms with Crippen LogP contribution in [-0.2, 0) is 9.53 Å². The molecule has 1 aliphatic heterocycles. The van der Waals surface area contributed by atoms with Crippen molar-refractivity contribution in [3.05, 3.63) is 0 Å². The van der Waals surface area contributed by atoms with Crippen LogP contribution in [0.2, 0.25) is 0 Å². The Balaban J connectivity index is 1.73. The van der Waals surface area contributed by atoms with Gasteiger partial charge in [0.2, 0.25) is 5.91 Å². The van der Waals surface area contributed by atoms with E-state index in [1.807, 2.05) is 0 Å². The van der Waals surface area contributed by atoms with Gasteiger partial charge in [0.25, 0.3) is 0 Å². The standard InChI is InChI=1S/C12H22N2O2/c1-2-5-13-11-8-16-7-10(11)12(15)14-6-9-3-4-9/h9-11,13H,2-8H2,1H3,(H,14,15). The fraction of sp³-hybridized carbons (Fsp3) is 0.917. The van der Waals surface area contributed by atoms with Gasteiger partial charge in [0.05, 0.1) is 19.1 Å². The zero-order valence-corrected chi connectivity index (χ0v) is 10.00. The molecule has 1 heterocycles. The number of hydrogen-bond donors (Lipinski definition) is 2. The summed E-state index contributed by atoms with van der Waals surface area (Å²) in [6, 6.07) is 0.208. The topological polar surface area (TPSA) is 50.4 Å². The van der Waals surface area contributed by atoms with E-state index in [1.54, 1.807) is 0 Å². The Hall–Kier alpha value is -0.610. The Labute approximate surface area is 97.1 Å². The average molecular weight is 226 g/mol. The van der Waals surface area contributed by atoms with E-state index in [0.717, 1.165) is 25.4 Å². The second-order valence-electron chi connectivity index (χ2n) is 4.89. The zero-order chi connectivity index (χ0) is 11.4. The summed E-state index contributed by atoms with van der Waals surface area (Å²) >= 11 is 0. The van der Waals surface area contributed by atoms with Crippen LogP contribution in [-0.4, -0.2) is 38.3 Å². The molecule has 92 valence electrons. The van der Waals surface area contributed by atoms with Gasteiger partial charge in [-0.3, -0.25) is 4.79 Å². The fourth-order valence-electron chi connectivity index (χ4n) is 2.04. The molecule has 0 bridgehead atoms. The summed E-state index contributed by atoms with van der Waals surface area (Å²) < 4.78 is 5.39. The minimum atomic E-state index is 0.00491. The van der Waals surface area contributed by atoms with Crippen molar-refractivity contribution < 1.29 is 9.53 Å². The van der Waals surface area contributed by atoms with Crippen molar-refractivity contribution in [1.29, 1.82) is 0 Å². The van der Waals surface area contributed by atoms with Crippen LogP contribution in [0.1, 0.15) is 26.2 Å². The number of carbonyl (C=O) groups excluding carboxylic acids is 1. The third kappa shape index (κ3) is 3.19. The van der Waals surface area contributed by atoms with E-state index in [-0.39, 0.29) is 17.9 Å². The molecule has 1 amide bonds. The van der Waals surface area contributed by atoms with Crippen LogP contribution < -0.4 is 10.6 Å². The molecular weight excluding hydrogens is 204 g/mol. The van der Waals surface area contributed by atoms with E-state index >= 15 is 0 Å². The Kier molecular flexibility index (Phi) is 4.18. The second-order valence-corrected chi connectivity index (χ2v) is 4.89. The van der Waals surface area contributed by atoms with Crippen molar-refractivity contribution in [1.82, 2.24) is 10.6 Å². The van der Waals surface area contributed by atoms with Crippen molar-refractivity contribution in [2.45, 2.75) is 32.2 Å². The van der Waals surface area contributed by atoms with Gasteiger partial charge in [0.15, 0.2) is 0 Å². The molecule has 0 aromatic heterocycles. The first kappa shape index (κ1) is 11.9. The smallest absolute Gasteiger partial charge is 0.227 e. The van der Waals surface area contributed by atoms with Crippen LogP contribution in [0.5, 0.6) is 0 Å². The largest absolute Gasteiger partial charge is 0.379 e. The van der Waals surface area contributed by atoms with Crippen LogP contribution in [0, 0.1) is 11.8 Å². The van der Waals surface area contributed by atoms with Crippen LogP contribution in [0.15, 0.2) is 0 Å². The maximum atomic E-state index is 11.9. The van der Waals surface area contributed by atoms with E-state index in [0.29, 0.717) is 13.2 Å². The SMILES string of the molecule is CCCNC1COCC1C(=O)NCC1CC1. The lowest BCUT2D eigenvalue weighted by molar-refractivity contribution is -0.125. The van der Waals surface area contributed by atoms with E-state index in [9.17, 15) is 4.79 Å². The quantitative estimate of drug-likeness (QED) is 0.694. The highest BCUT2D eigenvalue weighted by Gasteiger charge is 2.34.